The lowest BCUT2D eigenvalue weighted by atomic mass is 10.2. The second-order valence-electron chi connectivity index (χ2n) is 3.80. The number of aromatic nitrogens is 1. The minimum atomic E-state index is -0.285. The van der Waals surface area contributed by atoms with Crippen LogP contribution in [0.15, 0.2) is 6.20 Å². The summed E-state index contributed by atoms with van der Waals surface area (Å²) in [5.74, 6) is 0.505. The molecule has 1 aromatic heterocycles. The van der Waals surface area contributed by atoms with Crippen molar-refractivity contribution < 1.29 is 5.11 Å². The van der Waals surface area contributed by atoms with E-state index in [0.717, 1.165) is 6.54 Å². The minimum Gasteiger partial charge on any atom is -0.392 e. The second kappa shape index (κ2) is 5.44. The van der Waals surface area contributed by atoms with Gasteiger partial charge in [0.05, 0.1) is 11.1 Å². The van der Waals surface area contributed by atoms with Gasteiger partial charge in [-0.25, -0.2) is 4.98 Å². The van der Waals surface area contributed by atoms with Gasteiger partial charge in [0.2, 0.25) is 0 Å². The molecule has 1 aromatic rings. The molecule has 0 aliphatic rings. The van der Waals surface area contributed by atoms with Crippen LogP contribution in [0.4, 0.5) is 0 Å². The fraction of sp³-hybridized carbons (Fsp3) is 0.700. The molecule has 0 amide bonds. The number of nitrogens with zero attached hydrogens (tertiary/aromatic N) is 1. The lowest BCUT2D eigenvalue weighted by molar-refractivity contribution is 0.191. The van der Waals surface area contributed by atoms with E-state index in [1.165, 1.54) is 9.88 Å². The predicted octanol–water partition coefficient (Wildman–Crippen LogP) is 1.74. The lowest BCUT2D eigenvalue weighted by Gasteiger charge is -2.04. The Kier molecular flexibility index (Phi) is 4.51. The summed E-state index contributed by atoms with van der Waals surface area (Å²) >= 11 is 1.74. The van der Waals surface area contributed by atoms with E-state index in [2.05, 4.69) is 24.1 Å². The van der Waals surface area contributed by atoms with Gasteiger partial charge in [-0.15, -0.1) is 11.3 Å². The fourth-order valence-electron chi connectivity index (χ4n) is 1.08. The number of thiazole rings is 1. The maximum Gasteiger partial charge on any atom is 0.0953 e. The number of aliphatic hydroxyl groups excluding tert-OH is 1. The lowest BCUT2D eigenvalue weighted by Crippen LogP contribution is -2.23. The number of aliphatic hydroxyl groups is 1. The molecule has 3 nitrogen and oxygen atoms in total. The summed E-state index contributed by atoms with van der Waals surface area (Å²) in [4.78, 5) is 5.56. The molecule has 0 spiro atoms. The summed E-state index contributed by atoms with van der Waals surface area (Å²) in [5, 5.41) is 13.4. The Bertz CT molecular complexity index is 271. The Balaban J connectivity index is 2.36. The SMILES string of the molecule is CC(C)c1ncc(CNC[C@H](C)O)s1. The molecule has 0 aliphatic carbocycles. The van der Waals surface area contributed by atoms with E-state index in [-0.39, 0.29) is 6.10 Å². The van der Waals surface area contributed by atoms with Crippen molar-refractivity contribution in [2.24, 2.45) is 0 Å². The predicted molar refractivity (Wildman–Crippen MR) is 59.6 cm³/mol. The van der Waals surface area contributed by atoms with Crippen molar-refractivity contribution in [1.29, 1.82) is 0 Å². The quantitative estimate of drug-likeness (QED) is 0.784. The Morgan fingerprint density at radius 3 is 2.71 bits per heavy atom. The molecule has 4 heteroatoms. The molecule has 14 heavy (non-hydrogen) atoms. The van der Waals surface area contributed by atoms with E-state index in [0.29, 0.717) is 12.5 Å². The van der Waals surface area contributed by atoms with E-state index in [4.69, 9.17) is 5.11 Å². The van der Waals surface area contributed by atoms with E-state index in [1.807, 2.05) is 6.20 Å². The smallest absolute Gasteiger partial charge is 0.0953 e. The zero-order valence-electron chi connectivity index (χ0n) is 8.95. The van der Waals surface area contributed by atoms with Gasteiger partial charge in [0.25, 0.3) is 0 Å². The number of hydrogen-bond acceptors (Lipinski definition) is 4. The molecule has 1 heterocycles. The maximum absolute atomic E-state index is 9.05. The van der Waals surface area contributed by atoms with Crippen LogP contribution in [-0.4, -0.2) is 22.7 Å². The molecular formula is C10H18N2OS. The highest BCUT2D eigenvalue weighted by atomic mass is 32.1. The highest BCUT2D eigenvalue weighted by molar-refractivity contribution is 7.11. The van der Waals surface area contributed by atoms with Gasteiger partial charge in [0.1, 0.15) is 0 Å². The van der Waals surface area contributed by atoms with Gasteiger partial charge in [0.15, 0.2) is 0 Å². The molecule has 0 aromatic carbocycles. The van der Waals surface area contributed by atoms with E-state index >= 15 is 0 Å². The maximum atomic E-state index is 9.05. The molecule has 0 saturated carbocycles. The van der Waals surface area contributed by atoms with Crippen molar-refractivity contribution in [2.75, 3.05) is 6.54 Å². The first-order valence-electron chi connectivity index (χ1n) is 4.93. The van der Waals surface area contributed by atoms with Crippen molar-refractivity contribution in [3.63, 3.8) is 0 Å². The topological polar surface area (TPSA) is 45.2 Å². The standard InChI is InChI=1S/C10H18N2OS/c1-7(2)10-12-6-9(14-10)5-11-4-8(3)13/h6-8,11,13H,4-5H2,1-3H3/t8-/m0/s1. The molecule has 1 rings (SSSR count). The van der Waals surface area contributed by atoms with Crippen LogP contribution < -0.4 is 5.32 Å². The first-order chi connectivity index (χ1) is 6.59. The molecule has 1 atom stereocenters. The Labute approximate surface area is 89.2 Å². The molecule has 0 fully saturated rings. The average Bonchev–Trinajstić information content (AvgIpc) is 2.52. The zero-order chi connectivity index (χ0) is 10.6. The third-order valence-electron chi connectivity index (χ3n) is 1.80. The molecular weight excluding hydrogens is 196 g/mol. The fourth-order valence-corrected chi connectivity index (χ4v) is 1.96. The first-order valence-corrected chi connectivity index (χ1v) is 5.74. The number of nitrogens with one attached hydrogen (secondary N) is 1. The molecule has 0 saturated heterocycles. The summed E-state index contributed by atoms with van der Waals surface area (Å²) in [7, 11) is 0. The number of hydrogen-bond donors (Lipinski definition) is 2. The van der Waals surface area contributed by atoms with Crippen LogP contribution in [-0.2, 0) is 6.54 Å². The van der Waals surface area contributed by atoms with Crippen molar-refractivity contribution in [3.05, 3.63) is 16.1 Å². The van der Waals surface area contributed by atoms with Gasteiger partial charge in [-0.1, -0.05) is 13.8 Å². The molecule has 0 bridgehead atoms. The van der Waals surface area contributed by atoms with Crippen LogP contribution in [0.3, 0.4) is 0 Å². The third kappa shape index (κ3) is 3.74. The molecule has 2 N–H and O–H groups in total. The second-order valence-corrected chi connectivity index (χ2v) is 4.95. The Morgan fingerprint density at radius 1 is 1.50 bits per heavy atom. The van der Waals surface area contributed by atoms with Crippen LogP contribution in [0.1, 0.15) is 36.6 Å². The molecule has 80 valence electrons. The van der Waals surface area contributed by atoms with Gasteiger partial charge < -0.3 is 10.4 Å². The van der Waals surface area contributed by atoms with Gasteiger partial charge in [-0.3, -0.25) is 0 Å². The Morgan fingerprint density at radius 2 is 2.21 bits per heavy atom. The van der Waals surface area contributed by atoms with Gasteiger partial charge >= 0.3 is 0 Å². The minimum absolute atomic E-state index is 0.285. The summed E-state index contributed by atoms with van der Waals surface area (Å²) in [5.41, 5.74) is 0. The average molecular weight is 214 g/mol. The van der Waals surface area contributed by atoms with Crippen LogP contribution in [0.2, 0.25) is 0 Å². The normalized spacial score (nSPS) is 13.5. The molecule has 0 unspecified atom stereocenters. The molecule has 0 aliphatic heterocycles. The highest BCUT2D eigenvalue weighted by Gasteiger charge is 2.05. The summed E-state index contributed by atoms with van der Waals surface area (Å²) in [6.07, 6.45) is 1.63. The van der Waals surface area contributed by atoms with Crippen LogP contribution >= 0.6 is 11.3 Å². The number of rotatable bonds is 5. The van der Waals surface area contributed by atoms with Crippen molar-refractivity contribution >= 4 is 11.3 Å². The summed E-state index contributed by atoms with van der Waals surface area (Å²) in [6, 6.07) is 0. The van der Waals surface area contributed by atoms with Gasteiger partial charge in [0, 0.05) is 30.1 Å². The first kappa shape index (κ1) is 11.6. The monoisotopic (exact) mass is 214 g/mol. The van der Waals surface area contributed by atoms with E-state index < -0.39 is 0 Å². The van der Waals surface area contributed by atoms with E-state index in [9.17, 15) is 0 Å². The van der Waals surface area contributed by atoms with Crippen molar-refractivity contribution in [1.82, 2.24) is 10.3 Å². The van der Waals surface area contributed by atoms with Gasteiger partial charge in [-0.2, -0.15) is 0 Å². The van der Waals surface area contributed by atoms with Crippen molar-refractivity contribution in [3.8, 4) is 0 Å². The Hall–Kier alpha value is -0.450. The van der Waals surface area contributed by atoms with Crippen LogP contribution in [0.25, 0.3) is 0 Å². The van der Waals surface area contributed by atoms with Crippen molar-refractivity contribution in [2.45, 2.75) is 39.3 Å². The zero-order valence-corrected chi connectivity index (χ0v) is 9.77. The third-order valence-corrected chi connectivity index (χ3v) is 3.10. The van der Waals surface area contributed by atoms with Crippen LogP contribution in [0.5, 0.6) is 0 Å². The van der Waals surface area contributed by atoms with Crippen LogP contribution in [0, 0.1) is 0 Å². The van der Waals surface area contributed by atoms with Gasteiger partial charge in [-0.05, 0) is 6.92 Å². The highest BCUT2D eigenvalue weighted by Crippen LogP contribution is 2.20. The molecule has 0 radical (unpaired) electrons. The summed E-state index contributed by atoms with van der Waals surface area (Å²) in [6.45, 7) is 7.50. The largest absolute Gasteiger partial charge is 0.392 e. The van der Waals surface area contributed by atoms with E-state index in [1.54, 1.807) is 18.3 Å². The summed E-state index contributed by atoms with van der Waals surface area (Å²) < 4.78 is 0.